The third-order valence-corrected chi connectivity index (χ3v) is 3.71. The molecule has 106 valence electrons. The molecule has 0 aromatic heterocycles. The Hall–Kier alpha value is -1.13. The van der Waals surface area contributed by atoms with Crippen molar-refractivity contribution in [1.82, 2.24) is 0 Å². The standard InChI is InChI=1S/C15H21FO3/c1-11(17)13-6-5-12(9-14(13)16)19-10-15(18)7-3-2-4-8-15/h5-6,9,11,17-18H,2-4,7-8,10H2,1H3/t11-/m1/s1. The Morgan fingerprint density at radius 1 is 1.32 bits per heavy atom. The second-order valence-electron chi connectivity index (χ2n) is 5.43. The van der Waals surface area contributed by atoms with Crippen molar-refractivity contribution in [2.24, 2.45) is 0 Å². The van der Waals surface area contributed by atoms with Crippen molar-refractivity contribution < 1.29 is 19.3 Å². The van der Waals surface area contributed by atoms with E-state index in [1.54, 1.807) is 6.07 Å². The molecule has 0 saturated heterocycles. The van der Waals surface area contributed by atoms with Crippen LogP contribution in [0.1, 0.15) is 50.7 Å². The van der Waals surface area contributed by atoms with Gasteiger partial charge in [0, 0.05) is 11.6 Å². The summed E-state index contributed by atoms with van der Waals surface area (Å²) in [5.74, 6) is -0.0935. The fourth-order valence-electron chi connectivity index (χ4n) is 2.51. The summed E-state index contributed by atoms with van der Waals surface area (Å²) in [6, 6.07) is 4.39. The van der Waals surface area contributed by atoms with Crippen molar-refractivity contribution in [3.63, 3.8) is 0 Å². The average Bonchev–Trinajstić information content (AvgIpc) is 2.37. The molecule has 3 nitrogen and oxygen atoms in total. The predicted molar refractivity (Wildman–Crippen MR) is 70.6 cm³/mol. The van der Waals surface area contributed by atoms with E-state index in [-0.39, 0.29) is 12.2 Å². The molecule has 0 amide bonds. The van der Waals surface area contributed by atoms with Crippen LogP contribution in [-0.4, -0.2) is 22.4 Å². The molecule has 2 N–H and O–H groups in total. The number of rotatable bonds is 4. The van der Waals surface area contributed by atoms with Crippen LogP contribution < -0.4 is 4.74 Å². The van der Waals surface area contributed by atoms with Crippen LogP contribution in [0.25, 0.3) is 0 Å². The van der Waals surface area contributed by atoms with Gasteiger partial charge in [-0.05, 0) is 31.9 Å². The minimum Gasteiger partial charge on any atom is -0.490 e. The lowest BCUT2D eigenvalue weighted by atomic mass is 9.85. The molecular formula is C15H21FO3. The molecule has 0 spiro atoms. The molecule has 0 unspecified atom stereocenters. The fraction of sp³-hybridized carbons (Fsp3) is 0.600. The van der Waals surface area contributed by atoms with Crippen molar-refractivity contribution in [3.05, 3.63) is 29.6 Å². The summed E-state index contributed by atoms with van der Waals surface area (Å²) < 4.78 is 19.2. The van der Waals surface area contributed by atoms with Crippen LogP contribution in [0.3, 0.4) is 0 Å². The maximum absolute atomic E-state index is 13.7. The van der Waals surface area contributed by atoms with Crippen LogP contribution >= 0.6 is 0 Å². The fourth-order valence-corrected chi connectivity index (χ4v) is 2.51. The molecule has 1 aliphatic carbocycles. The molecule has 0 radical (unpaired) electrons. The van der Waals surface area contributed by atoms with Gasteiger partial charge in [0.25, 0.3) is 0 Å². The maximum atomic E-state index is 13.7. The first-order valence-electron chi connectivity index (χ1n) is 6.83. The van der Waals surface area contributed by atoms with Gasteiger partial charge < -0.3 is 14.9 Å². The van der Waals surface area contributed by atoms with Crippen molar-refractivity contribution in [2.45, 2.75) is 50.7 Å². The first-order chi connectivity index (χ1) is 9.00. The van der Waals surface area contributed by atoms with Gasteiger partial charge in [-0.25, -0.2) is 4.39 Å². The number of ether oxygens (including phenoxy) is 1. The van der Waals surface area contributed by atoms with E-state index in [0.717, 1.165) is 32.1 Å². The number of halogens is 1. The maximum Gasteiger partial charge on any atom is 0.132 e. The quantitative estimate of drug-likeness (QED) is 0.882. The van der Waals surface area contributed by atoms with Gasteiger partial charge >= 0.3 is 0 Å². The van der Waals surface area contributed by atoms with Crippen LogP contribution in [0.2, 0.25) is 0 Å². The van der Waals surface area contributed by atoms with Gasteiger partial charge in [-0.15, -0.1) is 0 Å². The molecule has 1 aromatic rings. The third kappa shape index (κ3) is 3.67. The summed E-state index contributed by atoms with van der Waals surface area (Å²) in [4.78, 5) is 0. The second-order valence-corrected chi connectivity index (χ2v) is 5.43. The Labute approximate surface area is 113 Å². The molecule has 19 heavy (non-hydrogen) atoms. The zero-order valence-corrected chi connectivity index (χ0v) is 11.2. The lowest BCUT2D eigenvalue weighted by Gasteiger charge is -2.31. The van der Waals surface area contributed by atoms with Crippen molar-refractivity contribution >= 4 is 0 Å². The SMILES string of the molecule is C[C@@H](O)c1ccc(OCC2(O)CCCCC2)cc1F. The van der Waals surface area contributed by atoms with Crippen LogP contribution in [0.5, 0.6) is 5.75 Å². The molecule has 1 aromatic carbocycles. The third-order valence-electron chi connectivity index (χ3n) is 3.71. The van der Waals surface area contributed by atoms with Gasteiger partial charge in [-0.2, -0.15) is 0 Å². The van der Waals surface area contributed by atoms with E-state index in [9.17, 15) is 14.6 Å². The van der Waals surface area contributed by atoms with E-state index < -0.39 is 17.5 Å². The normalized spacial score (nSPS) is 20.0. The summed E-state index contributed by atoms with van der Waals surface area (Å²) in [6.45, 7) is 1.71. The largest absolute Gasteiger partial charge is 0.490 e. The number of hydrogen-bond acceptors (Lipinski definition) is 3. The van der Waals surface area contributed by atoms with E-state index in [4.69, 9.17) is 4.74 Å². The Balaban J connectivity index is 1.98. The molecule has 2 rings (SSSR count). The Bertz CT molecular complexity index is 425. The van der Waals surface area contributed by atoms with E-state index in [1.165, 1.54) is 19.1 Å². The van der Waals surface area contributed by atoms with Crippen molar-refractivity contribution in [2.75, 3.05) is 6.61 Å². The van der Waals surface area contributed by atoms with Gasteiger partial charge in [0.05, 0.1) is 11.7 Å². The smallest absolute Gasteiger partial charge is 0.132 e. The summed E-state index contributed by atoms with van der Waals surface area (Å²) in [5, 5.41) is 19.6. The van der Waals surface area contributed by atoms with Crippen molar-refractivity contribution in [1.29, 1.82) is 0 Å². The molecule has 1 saturated carbocycles. The lowest BCUT2D eigenvalue weighted by molar-refractivity contribution is -0.0339. The first kappa shape index (κ1) is 14.3. The van der Waals surface area contributed by atoms with Gasteiger partial charge in [0.15, 0.2) is 0 Å². The van der Waals surface area contributed by atoms with Crippen molar-refractivity contribution in [3.8, 4) is 5.75 Å². The Morgan fingerprint density at radius 3 is 2.58 bits per heavy atom. The minimum absolute atomic E-state index is 0.195. The number of aliphatic hydroxyl groups is 2. The molecular weight excluding hydrogens is 247 g/mol. The van der Waals surface area contributed by atoms with Gasteiger partial charge in [0.2, 0.25) is 0 Å². The minimum atomic E-state index is -0.837. The molecule has 1 fully saturated rings. The van der Waals surface area contributed by atoms with E-state index in [2.05, 4.69) is 0 Å². The van der Waals surface area contributed by atoms with Gasteiger partial charge in [-0.1, -0.05) is 19.3 Å². The lowest BCUT2D eigenvalue weighted by Crippen LogP contribution is -2.37. The summed E-state index contributed by atoms with van der Waals surface area (Å²) >= 11 is 0. The topological polar surface area (TPSA) is 49.7 Å². The first-order valence-corrected chi connectivity index (χ1v) is 6.83. The number of hydrogen-bond donors (Lipinski definition) is 2. The average molecular weight is 268 g/mol. The molecule has 0 aliphatic heterocycles. The van der Waals surface area contributed by atoms with E-state index >= 15 is 0 Å². The van der Waals surface area contributed by atoms with Gasteiger partial charge in [-0.3, -0.25) is 0 Å². The summed E-state index contributed by atoms with van der Waals surface area (Å²) in [7, 11) is 0. The highest BCUT2D eigenvalue weighted by molar-refractivity contribution is 5.30. The summed E-state index contributed by atoms with van der Waals surface area (Å²) in [6.07, 6.45) is 3.81. The molecule has 0 bridgehead atoms. The van der Waals surface area contributed by atoms with Crippen LogP contribution in [0.4, 0.5) is 4.39 Å². The zero-order chi connectivity index (χ0) is 13.9. The summed E-state index contributed by atoms with van der Waals surface area (Å²) in [5.41, 5.74) is -0.527. The van der Waals surface area contributed by atoms with Crippen LogP contribution in [0.15, 0.2) is 18.2 Å². The monoisotopic (exact) mass is 268 g/mol. The van der Waals surface area contributed by atoms with E-state index in [1.807, 2.05) is 0 Å². The van der Waals surface area contributed by atoms with E-state index in [0.29, 0.717) is 5.75 Å². The predicted octanol–water partition coefficient (Wildman–Crippen LogP) is 2.95. The van der Waals surface area contributed by atoms with Gasteiger partial charge in [0.1, 0.15) is 18.2 Å². The molecule has 1 aliphatic rings. The highest BCUT2D eigenvalue weighted by Crippen LogP contribution is 2.29. The molecule has 0 heterocycles. The molecule has 1 atom stereocenters. The molecule has 4 heteroatoms. The second kappa shape index (κ2) is 5.88. The Kier molecular flexibility index (Phi) is 4.42. The van der Waals surface area contributed by atoms with Crippen LogP contribution in [-0.2, 0) is 0 Å². The van der Waals surface area contributed by atoms with Crippen LogP contribution in [0, 0.1) is 5.82 Å². The number of benzene rings is 1. The number of aliphatic hydroxyl groups excluding tert-OH is 1. The highest BCUT2D eigenvalue weighted by Gasteiger charge is 2.30. The zero-order valence-electron chi connectivity index (χ0n) is 11.2. The highest BCUT2D eigenvalue weighted by atomic mass is 19.1. The Morgan fingerprint density at radius 2 is 2.00 bits per heavy atom.